The first-order chi connectivity index (χ1) is 10.6. The monoisotopic (exact) mass is 311 g/mol. The lowest BCUT2D eigenvalue weighted by Crippen LogP contribution is -2.08. The third kappa shape index (κ3) is 2.46. The molecule has 2 aromatic carbocycles. The second-order valence-electron chi connectivity index (χ2n) is 4.74. The van der Waals surface area contributed by atoms with Crippen molar-refractivity contribution >= 4 is 15.6 Å². The number of aromatic nitrogens is 1. The smallest absolute Gasteiger partial charge is 0.208 e. The molecular formula is C17H13NO3S. The van der Waals surface area contributed by atoms with Crippen LogP contribution < -0.4 is 0 Å². The number of ketones is 1. The number of hydrogen-bond acceptors (Lipinski definition) is 3. The Morgan fingerprint density at radius 2 is 1.41 bits per heavy atom. The maximum absolute atomic E-state index is 12.7. The fourth-order valence-electron chi connectivity index (χ4n) is 2.22. The summed E-state index contributed by atoms with van der Waals surface area (Å²) < 4.78 is 25.4. The second-order valence-corrected chi connectivity index (χ2v) is 6.66. The van der Waals surface area contributed by atoms with Gasteiger partial charge >= 0.3 is 0 Å². The molecule has 5 heteroatoms. The molecule has 0 amide bonds. The van der Waals surface area contributed by atoms with E-state index in [4.69, 9.17) is 0 Å². The van der Waals surface area contributed by atoms with Crippen LogP contribution in [0.4, 0.5) is 0 Å². The number of nitrogens with one attached hydrogen (secondary N) is 1. The molecule has 22 heavy (non-hydrogen) atoms. The first kappa shape index (κ1) is 14.3. The molecule has 3 aromatic rings. The van der Waals surface area contributed by atoms with E-state index < -0.39 is 9.84 Å². The minimum absolute atomic E-state index is 0.00690. The summed E-state index contributed by atoms with van der Waals surface area (Å²) in [4.78, 5) is 15.4. The zero-order chi connectivity index (χ0) is 15.6. The molecule has 0 unspecified atom stereocenters. The van der Waals surface area contributed by atoms with E-state index in [0.717, 1.165) is 0 Å². The third-order valence-corrected chi connectivity index (χ3v) is 5.14. The highest BCUT2D eigenvalue weighted by Crippen LogP contribution is 2.25. The molecule has 1 aromatic heterocycles. The first-order valence-corrected chi connectivity index (χ1v) is 8.15. The largest absolute Gasteiger partial charge is 0.366 e. The van der Waals surface area contributed by atoms with Crippen molar-refractivity contribution in [3.63, 3.8) is 0 Å². The Bertz CT molecular complexity index is 897. The minimum Gasteiger partial charge on any atom is -0.366 e. The number of carbonyl (C=O) groups excluding carboxylic acids is 1. The fraction of sp³-hybridized carbons (Fsp3) is 0. The van der Waals surface area contributed by atoms with Crippen molar-refractivity contribution in [2.45, 2.75) is 9.79 Å². The van der Waals surface area contributed by atoms with Gasteiger partial charge in [-0.3, -0.25) is 4.79 Å². The van der Waals surface area contributed by atoms with Gasteiger partial charge < -0.3 is 4.98 Å². The maximum Gasteiger partial charge on any atom is 0.208 e. The zero-order valence-electron chi connectivity index (χ0n) is 11.6. The summed E-state index contributed by atoms with van der Waals surface area (Å²) in [6.07, 6.45) is 2.77. The summed E-state index contributed by atoms with van der Waals surface area (Å²) in [5, 5.41) is 0. The van der Waals surface area contributed by atoms with Crippen LogP contribution in [-0.2, 0) is 9.84 Å². The number of benzene rings is 2. The number of rotatable bonds is 4. The fourth-order valence-corrected chi connectivity index (χ4v) is 3.65. The summed E-state index contributed by atoms with van der Waals surface area (Å²) >= 11 is 0. The normalized spacial score (nSPS) is 11.3. The van der Waals surface area contributed by atoms with Crippen molar-refractivity contribution in [1.82, 2.24) is 4.98 Å². The number of H-pyrrole nitrogens is 1. The number of hydrogen-bond donors (Lipinski definition) is 1. The Hall–Kier alpha value is -2.66. The summed E-state index contributed by atoms with van der Waals surface area (Å²) in [7, 11) is -3.73. The van der Waals surface area contributed by atoms with E-state index in [9.17, 15) is 13.2 Å². The van der Waals surface area contributed by atoms with Crippen LogP contribution in [0.1, 0.15) is 15.9 Å². The van der Waals surface area contributed by atoms with Crippen molar-refractivity contribution < 1.29 is 13.2 Å². The Balaban J connectivity index is 2.09. The lowest BCUT2D eigenvalue weighted by atomic mass is 10.1. The number of carbonyl (C=O) groups is 1. The van der Waals surface area contributed by atoms with Crippen molar-refractivity contribution in [3.05, 3.63) is 84.2 Å². The average molecular weight is 311 g/mol. The van der Waals surface area contributed by atoms with Crippen molar-refractivity contribution in [3.8, 4) is 0 Å². The molecule has 0 bridgehead atoms. The van der Waals surface area contributed by atoms with E-state index in [1.54, 1.807) is 48.5 Å². The molecule has 1 N–H and O–H groups in total. The predicted octanol–water partition coefficient (Wildman–Crippen LogP) is 3.08. The molecule has 1 heterocycles. The van der Waals surface area contributed by atoms with Crippen molar-refractivity contribution in [1.29, 1.82) is 0 Å². The number of sulfone groups is 1. The van der Waals surface area contributed by atoms with Gasteiger partial charge in [0, 0.05) is 18.0 Å². The lowest BCUT2D eigenvalue weighted by molar-refractivity contribution is 0.103. The number of aromatic amines is 1. The molecule has 4 nitrogen and oxygen atoms in total. The van der Waals surface area contributed by atoms with Crippen LogP contribution >= 0.6 is 0 Å². The molecule has 0 saturated carbocycles. The van der Waals surface area contributed by atoms with Gasteiger partial charge in [0.1, 0.15) is 4.90 Å². The van der Waals surface area contributed by atoms with Gasteiger partial charge in [0.25, 0.3) is 0 Å². The van der Waals surface area contributed by atoms with Crippen LogP contribution in [-0.4, -0.2) is 19.2 Å². The molecule has 0 fully saturated rings. The highest BCUT2D eigenvalue weighted by atomic mass is 32.2. The van der Waals surface area contributed by atoms with Crippen LogP contribution in [0, 0.1) is 0 Å². The van der Waals surface area contributed by atoms with E-state index in [1.165, 1.54) is 24.5 Å². The molecule has 0 radical (unpaired) electrons. The predicted molar refractivity (Wildman–Crippen MR) is 82.6 cm³/mol. The molecule has 0 aliphatic carbocycles. The van der Waals surface area contributed by atoms with Gasteiger partial charge in [-0.05, 0) is 12.1 Å². The topological polar surface area (TPSA) is 67.0 Å². The van der Waals surface area contributed by atoms with E-state index in [1.807, 2.05) is 0 Å². The van der Waals surface area contributed by atoms with Crippen LogP contribution in [0.3, 0.4) is 0 Å². The standard InChI is InChI=1S/C17H13NO3S/c19-17(13-7-3-1-4-8-13)15-11-18-12-16(15)22(20,21)14-9-5-2-6-10-14/h1-12,18H. The lowest BCUT2D eigenvalue weighted by Gasteiger charge is -2.05. The van der Waals surface area contributed by atoms with Crippen LogP contribution in [0.15, 0.2) is 82.8 Å². The molecule has 0 spiro atoms. The van der Waals surface area contributed by atoms with E-state index in [0.29, 0.717) is 5.56 Å². The van der Waals surface area contributed by atoms with E-state index in [-0.39, 0.29) is 21.1 Å². The zero-order valence-corrected chi connectivity index (χ0v) is 12.4. The van der Waals surface area contributed by atoms with Crippen LogP contribution in [0.5, 0.6) is 0 Å². The molecular weight excluding hydrogens is 298 g/mol. The highest BCUT2D eigenvalue weighted by molar-refractivity contribution is 7.91. The van der Waals surface area contributed by atoms with Gasteiger partial charge in [-0.15, -0.1) is 0 Å². The molecule has 0 saturated heterocycles. The van der Waals surface area contributed by atoms with Gasteiger partial charge in [0.15, 0.2) is 5.78 Å². The molecule has 0 atom stereocenters. The Kier molecular flexibility index (Phi) is 3.65. The molecule has 0 aliphatic heterocycles. The summed E-state index contributed by atoms with van der Waals surface area (Å²) in [6.45, 7) is 0. The summed E-state index contributed by atoms with van der Waals surface area (Å²) in [5.41, 5.74) is 0.599. The van der Waals surface area contributed by atoms with Crippen LogP contribution in [0.25, 0.3) is 0 Å². The van der Waals surface area contributed by atoms with Crippen molar-refractivity contribution in [2.75, 3.05) is 0 Å². The Labute approximate surface area is 128 Å². The summed E-state index contributed by atoms with van der Waals surface area (Å²) in [6, 6.07) is 16.7. The Morgan fingerprint density at radius 1 is 0.818 bits per heavy atom. The van der Waals surface area contributed by atoms with Crippen LogP contribution in [0.2, 0.25) is 0 Å². The van der Waals surface area contributed by atoms with Crippen molar-refractivity contribution in [2.24, 2.45) is 0 Å². The molecule has 3 rings (SSSR count). The highest BCUT2D eigenvalue weighted by Gasteiger charge is 2.25. The Morgan fingerprint density at radius 3 is 2.05 bits per heavy atom. The van der Waals surface area contributed by atoms with Gasteiger partial charge in [0.2, 0.25) is 9.84 Å². The maximum atomic E-state index is 12.7. The molecule has 0 aliphatic rings. The van der Waals surface area contributed by atoms with Gasteiger partial charge in [0.05, 0.1) is 10.5 Å². The van der Waals surface area contributed by atoms with E-state index in [2.05, 4.69) is 4.98 Å². The minimum atomic E-state index is -3.73. The quantitative estimate of drug-likeness (QED) is 0.753. The summed E-state index contributed by atoms with van der Waals surface area (Å²) in [5.74, 6) is -0.323. The third-order valence-electron chi connectivity index (χ3n) is 3.33. The first-order valence-electron chi connectivity index (χ1n) is 6.67. The second kappa shape index (κ2) is 5.61. The van der Waals surface area contributed by atoms with Gasteiger partial charge in [-0.2, -0.15) is 0 Å². The van der Waals surface area contributed by atoms with Gasteiger partial charge in [-0.1, -0.05) is 48.5 Å². The SMILES string of the molecule is O=C(c1ccccc1)c1c[nH]cc1S(=O)(=O)c1ccccc1. The van der Waals surface area contributed by atoms with Gasteiger partial charge in [-0.25, -0.2) is 8.42 Å². The molecule has 110 valence electrons. The van der Waals surface area contributed by atoms with E-state index >= 15 is 0 Å². The average Bonchev–Trinajstić information content (AvgIpc) is 3.06.